The summed E-state index contributed by atoms with van der Waals surface area (Å²) in [6.07, 6.45) is 18.3. The van der Waals surface area contributed by atoms with E-state index >= 15 is 0 Å². The number of hydrogen-bond donors (Lipinski definition) is 0. The Kier molecular flexibility index (Phi) is 8.48. The highest BCUT2D eigenvalue weighted by Crippen LogP contribution is 2.44. The highest BCUT2D eigenvalue weighted by atomic mass is 19.2. The minimum Gasteiger partial charge on any atom is -0.216 e. The van der Waals surface area contributed by atoms with Crippen molar-refractivity contribution in [3.8, 4) is 0 Å². The Labute approximate surface area is 168 Å². The van der Waals surface area contributed by atoms with Crippen LogP contribution in [0.4, 0.5) is 13.2 Å². The Morgan fingerprint density at radius 1 is 0.786 bits per heavy atom. The van der Waals surface area contributed by atoms with Gasteiger partial charge in [-0.25, -0.2) is 13.2 Å². The molecule has 28 heavy (non-hydrogen) atoms. The van der Waals surface area contributed by atoms with E-state index in [0.29, 0.717) is 12.2 Å². The van der Waals surface area contributed by atoms with Crippen molar-refractivity contribution in [3.05, 3.63) is 47.8 Å². The van der Waals surface area contributed by atoms with E-state index < -0.39 is 11.6 Å². The van der Waals surface area contributed by atoms with Gasteiger partial charge in [0.15, 0.2) is 11.6 Å². The second kappa shape index (κ2) is 11.1. The van der Waals surface area contributed by atoms with Gasteiger partial charge in [0.05, 0.1) is 6.33 Å². The van der Waals surface area contributed by atoms with Gasteiger partial charge in [0.25, 0.3) is 0 Å². The zero-order valence-corrected chi connectivity index (χ0v) is 17.0. The molecule has 3 heteroatoms. The molecule has 0 N–H and O–H groups in total. The van der Waals surface area contributed by atoms with Crippen molar-refractivity contribution in [2.45, 2.75) is 89.4 Å². The van der Waals surface area contributed by atoms with Crippen LogP contribution in [0.1, 0.15) is 95.0 Å². The first-order valence-electron chi connectivity index (χ1n) is 11.4. The summed E-state index contributed by atoms with van der Waals surface area (Å²) in [5, 5.41) is 0. The SMILES string of the molecule is FC=CCCCCCC1CCC(C2CCC(c3ccc(F)c(F)c3)CC2)CC1. The molecule has 2 fully saturated rings. The molecule has 3 rings (SSSR count). The monoisotopic (exact) mass is 392 g/mol. The number of halogens is 3. The Morgan fingerprint density at radius 2 is 1.46 bits per heavy atom. The molecular formula is C25H35F3. The molecule has 0 atom stereocenters. The number of allylic oxidation sites excluding steroid dienone is 1. The minimum absolute atomic E-state index is 0.398. The van der Waals surface area contributed by atoms with Gasteiger partial charge < -0.3 is 0 Å². The van der Waals surface area contributed by atoms with Gasteiger partial charge in [-0.15, -0.1) is 0 Å². The second-order valence-corrected chi connectivity index (χ2v) is 9.07. The molecule has 1 aromatic carbocycles. The van der Waals surface area contributed by atoms with Crippen molar-refractivity contribution in [1.29, 1.82) is 0 Å². The molecule has 2 saturated carbocycles. The summed E-state index contributed by atoms with van der Waals surface area (Å²) < 4.78 is 38.6. The molecule has 0 radical (unpaired) electrons. The fourth-order valence-corrected chi connectivity index (χ4v) is 5.57. The van der Waals surface area contributed by atoms with Gasteiger partial charge >= 0.3 is 0 Å². The molecule has 0 saturated heterocycles. The number of unbranched alkanes of at least 4 members (excludes halogenated alkanes) is 3. The van der Waals surface area contributed by atoms with Crippen LogP contribution in [0, 0.1) is 29.4 Å². The number of hydrogen-bond acceptors (Lipinski definition) is 0. The topological polar surface area (TPSA) is 0 Å². The zero-order valence-electron chi connectivity index (χ0n) is 17.0. The Hall–Kier alpha value is -1.25. The summed E-state index contributed by atoms with van der Waals surface area (Å²) in [6, 6.07) is 4.44. The van der Waals surface area contributed by atoms with E-state index in [2.05, 4.69) is 0 Å². The fraction of sp³-hybridized carbons (Fsp3) is 0.680. The Balaban J connectivity index is 1.34. The fourth-order valence-electron chi connectivity index (χ4n) is 5.57. The third-order valence-corrected chi connectivity index (χ3v) is 7.32. The van der Waals surface area contributed by atoms with Crippen LogP contribution < -0.4 is 0 Å². The van der Waals surface area contributed by atoms with E-state index in [1.807, 2.05) is 0 Å². The lowest BCUT2D eigenvalue weighted by Gasteiger charge is -2.38. The van der Waals surface area contributed by atoms with Crippen LogP contribution in [0.15, 0.2) is 30.6 Å². The maximum Gasteiger partial charge on any atom is 0.159 e. The molecule has 2 aliphatic carbocycles. The van der Waals surface area contributed by atoms with Gasteiger partial charge in [0, 0.05) is 0 Å². The molecule has 0 spiro atoms. The first-order valence-corrected chi connectivity index (χ1v) is 11.4. The number of benzene rings is 1. The summed E-state index contributed by atoms with van der Waals surface area (Å²) in [7, 11) is 0. The lowest BCUT2D eigenvalue weighted by molar-refractivity contribution is 0.155. The third-order valence-electron chi connectivity index (χ3n) is 7.32. The van der Waals surface area contributed by atoms with Crippen molar-refractivity contribution >= 4 is 0 Å². The first-order chi connectivity index (χ1) is 13.7. The van der Waals surface area contributed by atoms with Gasteiger partial charge in [-0.3, -0.25) is 0 Å². The molecule has 156 valence electrons. The van der Waals surface area contributed by atoms with Crippen LogP contribution in [0.25, 0.3) is 0 Å². The van der Waals surface area contributed by atoms with Gasteiger partial charge in [0.2, 0.25) is 0 Å². The molecule has 0 nitrogen and oxygen atoms in total. The van der Waals surface area contributed by atoms with Crippen LogP contribution in [-0.2, 0) is 0 Å². The normalized spacial score (nSPS) is 28.7. The molecule has 0 aromatic heterocycles. The molecule has 2 aliphatic rings. The standard InChI is InChI=1S/C25H35F3/c26-17-5-3-1-2-4-6-19-7-9-20(10-8-19)21-11-13-22(14-12-21)23-15-16-24(27)25(28)18-23/h5,15-22H,1-4,6-14H2. The predicted octanol–water partition coefficient (Wildman–Crippen LogP) is 8.48. The van der Waals surface area contributed by atoms with E-state index in [1.54, 1.807) is 12.1 Å². The Bertz CT molecular complexity index is 608. The zero-order chi connectivity index (χ0) is 19.8. The highest BCUT2D eigenvalue weighted by Gasteiger charge is 2.31. The molecule has 0 amide bonds. The van der Waals surface area contributed by atoms with E-state index in [9.17, 15) is 13.2 Å². The van der Waals surface area contributed by atoms with Crippen molar-refractivity contribution in [2.24, 2.45) is 17.8 Å². The quantitative estimate of drug-likeness (QED) is 0.389. The van der Waals surface area contributed by atoms with Crippen molar-refractivity contribution < 1.29 is 13.2 Å². The van der Waals surface area contributed by atoms with Crippen molar-refractivity contribution in [2.75, 3.05) is 0 Å². The highest BCUT2D eigenvalue weighted by molar-refractivity contribution is 5.22. The van der Waals surface area contributed by atoms with Gasteiger partial charge in [-0.2, -0.15) is 0 Å². The first kappa shape index (κ1) is 21.5. The van der Waals surface area contributed by atoms with E-state index in [0.717, 1.165) is 49.0 Å². The van der Waals surface area contributed by atoms with Crippen LogP contribution in [0.2, 0.25) is 0 Å². The second-order valence-electron chi connectivity index (χ2n) is 9.07. The smallest absolute Gasteiger partial charge is 0.159 e. The lowest BCUT2D eigenvalue weighted by atomic mass is 9.68. The van der Waals surface area contributed by atoms with Crippen molar-refractivity contribution in [1.82, 2.24) is 0 Å². The summed E-state index contributed by atoms with van der Waals surface area (Å²) in [5.74, 6) is 1.54. The maximum absolute atomic E-state index is 13.5. The largest absolute Gasteiger partial charge is 0.216 e. The summed E-state index contributed by atoms with van der Waals surface area (Å²) in [6.45, 7) is 0. The third kappa shape index (κ3) is 6.12. The van der Waals surface area contributed by atoms with Crippen molar-refractivity contribution in [3.63, 3.8) is 0 Å². The molecule has 0 unspecified atom stereocenters. The van der Waals surface area contributed by atoms with Crippen LogP contribution >= 0.6 is 0 Å². The van der Waals surface area contributed by atoms with Crippen LogP contribution in [0.3, 0.4) is 0 Å². The molecule has 0 aliphatic heterocycles. The molecule has 1 aromatic rings. The van der Waals surface area contributed by atoms with Crippen LogP contribution in [-0.4, -0.2) is 0 Å². The maximum atomic E-state index is 13.5. The van der Waals surface area contributed by atoms with Crippen LogP contribution in [0.5, 0.6) is 0 Å². The lowest BCUT2D eigenvalue weighted by Crippen LogP contribution is -2.25. The summed E-state index contributed by atoms with van der Waals surface area (Å²) >= 11 is 0. The predicted molar refractivity (Wildman–Crippen MR) is 110 cm³/mol. The van der Waals surface area contributed by atoms with E-state index in [1.165, 1.54) is 69.9 Å². The molecule has 0 heterocycles. The molecular weight excluding hydrogens is 357 g/mol. The average Bonchev–Trinajstić information content (AvgIpc) is 2.73. The van der Waals surface area contributed by atoms with E-state index in [-0.39, 0.29) is 0 Å². The summed E-state index contributed by atoms with van der Waals surface area (Å²) in [5.41, 5.74) is 0.975. The average molecular weight is 393 g/mol. The van der Waals surface area contributed by atoms with Gasteiger partial charge in [0.1, 0.15) is 0 Å². The van der Waals surface area contributed by atoms with Gasteiger partial charge in [-0.1, -0.05) is 44.2 Å². The summed E-state index contributed by atoms with van der Waals surface area (Å²) in [4.78, 5) is 0. The minimum atomic E-state index is -0.745. The number of rotatable bonds is 8. The van der Waals surface area contributed by atoms with Gasteiger partial charge in [-0.05, 0) is 92.7 Å². The Morgan fingerprint density at radius 3 is 2.11 bits per heavy atom. The molecule has 0 bridgehead atoms. The van der Waals surface area contributed by atoms with E-state index in [4.69, 9.17) is 0 Å².